The van der Waals surface area contributed by atoms with E-state index in [0.29, 0.717) is 0 Å². The van der Waals surface area contributed by atoms with Crippen molar-refractivity contribution in [2.45, 2.75) is 19.9 Å². The van der Waals surface area contributed by atoms with Crippen molar-refractivity contribution in [1.82, 2.24) is 0 Å². The summed E-state index contributed by atoms with van der Waals surface area (Å²) in [5, 5.41) is 8.47. The van der Waals surface area contributed by atoms with Crippen molar-refractivity contribution in [3.63, 3.8) is 0 Å². The van der Waals surface area contributed by atoms with Gasteiger partial charge >= 0.3 is 5.97 Å². The van der Waals surface area contributed by atoms with Gasteiger partial charge in [-0.2, -0.15) is 12.6 Å². The van der Waals surface area contributed by atoms with Gasteiger partial charge < -0.3 is 5.11 Å². The van der Waals surface area contributed by atoms with Crippen LogP contribution in [0.3, 0.4) is 0 Å². The van der Waals surface area contributed by atoms with E-state index < -0.39 is 12.0 Å². The molecule has 0 aliphatic carbocycles. The summed E-state index contributed by atoms with van der Waals surface area (Å²) < 4.78 is 0. The Labute approximate surface area is 65.6 Å². The first kappa shape index (κ1) is 9.49. The molecule has 0 spiro atoms. The smallest absolute Gasteiger partial charge is 0.329 e. The van der Waals surface area contributed by atoms with Crippen molar-refractivity contribution in [2.24, 2.45) is 4.99 Å². The number of carboxylic acids is 1. The molecule has 0 aromatic rings. The lowest BCUT2D eigenvalue weighted by Gasteiger charge is -2.02. The molecule has 0 aliphatic heterocycles. The van der Waals surface area contributed by atoms with Gasteiger partial charge in [0.25, 0.3) is 0 Å². The normalized spacial score (nSPS) is 12.3. The van der Waals surface area contributed by atoms with Crippen molar-refractivity contribution >= 4 is 24.3 Å². The van der Waals surface area contributed by atoms with Crippen LogP contribution in [-0.4, -0.2) is 28.6 Å². The van der Waals surface area contributed by atoms with Gasteiger partial charge in [-0.3, -0.25) is 4.99 Å². The zero-order chi connectivity index (χ0) is 8.15. The SMILES string of the molecule is CC(C)=NC(CS)C(=O)O. The molecule has 3 nitrogen and oxygen atoms in total. The highest BCUT2D eigenvalue weighted by molar-refractivity contribution is 7.80. The van der Waals surface area contributed by atoms with Crippen molar-refractivity contribution < 1.29 is 9.90 Å². The maximum Gasteiger partial charge on any atom is 0.329 e. The lowest BCUT2D eigenvalue weighted by Crippen LogP contribution is -2.20. The number of aliphatic carboxylic acids is 1. The summed E-state index contributed by atoms with van der Waals surface area (Å²) in [7, 11) is 0. The zero-order valence-electron chi connectivity index (χ0n) is 6.03. The Morgan fingerprint density at radius 3 is 2.30 bits per heavy atom. The van der Waals surface area contributed by atoms with E-state index in [9.17, 15) is 4.79 Å². The Bertz CT molecular complexity index is 152. The number of nitrogens with zero attached hydrogens (tertiary/aromatic N) is 1. The molecule has 1 atom stereocenters. The highest BCUT2D eigenvalue weighted by Gasteiger charge is 2.12. The van der Waals surface area contributed by atoms with E-state index in [4.69, 9.17) is 5.11 Å². The summed E-state index contributed by atoms with van der Waals surface area (Å²) >= 11 is 3.84. The van der Waals surface area contributed by atoms with Crippen LogP contribution in [0.15, 0.2) is 4.99 Å². The van der Waals surface area contributed by atoms with Crippen molar-refractivity contribution in [2.75, 3.05) is 5.75 Å². The molecule has 1 N–H and O–H groups in total. The fourth-order valence-electron chi connectivity index (χ4n) is 0.486. The second-order valence-electron chi connectivity index (χ2n) is 2.11. The quantitative estimate of drug-likeness (QED) is 0.476. The van der Waals surface area contributed by atoms with Crippen LogP contribution in [0.2, 0.25) is 0 Å². The summed E-state index contributed by atoms with van der Waals surface area (Å²) in [6.45, 7) is 3.53. The third kappa shape index (κ3) is 3.50. The summed E-state index contributed by atoms with van der Waals surface area (Å²) in [6, 6.07) is -0.687. The van der Waals surface area contributed by atoms with Crippen LogP contribution in [0.5, 0.6) is 0 Å². The highest BCUT2D eigenvalue weighted by atomic mass is 32.1. The van der Waals surface area contributed by atoms with E-state index in [1.165, 1.54) is 0 Å². The second-order valence-corrected chi connectivity index (χ2v) is 2.48. The van der Waals surface area contributed by atoms with Crippen molar-refractivity contribution in [3.05, 3.63) is 0 Å². The number of thiol groups is 1. The molecule has 0 fully saturated rings. The molecule has 0 bridgehead atoms. The molecule has 0 heterocycles. The van der Waals surface area contributed by atoms with Gasteiger partial charge in [0.1, 0.15) is 0 Å². The molecule has 4 heteroatoms. The zero-order valence-corrected chi connectivity index (χ0v) is 6.93. The largest absolute Gasteiger partial charge is 0.480 e. The van der Waals surface area contributed by atoms with E-state index in [-0.39, 0.29) is 5.75 Å². The van der Waals surface area contributed by atoms with Crippen LogP contribution >= 0.6 is 12.6 Å². The van der Waals surface area contributed by atoms with E-state index >= 15 is 0 Å². The van der Waals surface area contributed by atoms with Crippen LogP contribution in [0.1, 0.15) is 13.8 Å². The average Bonchev–Trinajstić information content (AvgIpc) is 1.81. The van der Waals surface area contributed by atoms with Crippen LogP contribution in [0.25, 0.3) is 0 Å². The standard InChI is InChI=1S/C6H11NO2S/c1-4(2)7-5(3-10)6(8)9/h5,10H,3H2,1-2H3,(H,8,9). The van der Waals surface area contributed by atoms with E-state index in [0.717, 1.165) is 5.71 Å². The second kappa shape index (κ2) is 4.33. The molecule has 0 aliphatic rings. The predicted molar refractivity (Wildman–Crippen MR) is 44.1 cm³/mol. The van der Waals surface area contributed by atoms with Crippen LogP contribution in [-0.2, 0) is 4.79 Å². The molecular weight excluding hydrogens is 150 g/mol. The number of carbonyl (C=O) groups is 1. The summed E-state index contributed by atoms with van der Waals surface area (Å²) in [6.07, 6.45) is 0. The monoisotopic (exact) mass is 161 g/mol. The van der Waals surface area contributed by atoms with Gasteiger partial charge in [-0.1, -0.05) is 0 Å². The van der Waals surface area contributed by atoms with Gasteiger partial charge in [0.15, 0.2) is 6.04 Å². The molecule has 0 radical (unpaired) electrons. The minimum absolute atomic E-state index is 0.251. The van der Waals surface area contributed by atoms with Crippen LogP contribution < -0.4 is 0 Å². The molecule has 0 aromatic heterocycles. The van der Waals surface area contributed by atoms with Gasteiger partial charge in [0.05, 0.1) is 0 Å². The first-order valence-electron chi connectivity index (χ1n) is 2.92. The number of aliphatic imine (C=N–C) groups is 1. The summed E-state index contributed by atoms with van der Waals surface area (Å²) in [4.78, 5) is 14.1. The van der Waals surface area contributed by atoms with E-state index in [1.807, 2.05) is 0 Å². The Kier molecular flexibility index (Phi) is 4.11. The third-order valence-corrected chi connectivity index (χ3v) is 1.22. The topological polar surface area (TPSA) is 49.7 Å². The summed E-state index contributed by atoms with van der Waals surface area (Å²) in [5.74, 6) is -0.670. The lowest BCUT2D eigenvalue weighted by atomic mass is 10.3. The van der Waals surface area contributed by atoms with Crippen molar-refractivity contribution in [3.8, 4) is 0 Å². The first-order chi connectivity index (χ1) is 4.57. The minimum atomic E-state index is -0.920. The number of hydrogen-bond acceptors (Lipinski definition) is 3. The fraction of sp³-hybridized carbons (Fsp3) is 0.667. The maximum atomic E-state index is 10.3. The predicted octanol–water partition coefficient (Wildman–Crippen LogP) is 0.850. The average molecular weight is 161 g/mol. The molecule has 0 saturated carbocycles. The highest BCUT2D eigenvalue weighted by Crippen LogP contribution is 1.95. The number of carboxylic acid groups (broad SMARTS) is 1. The first-order valence-corrected chi connectivity index (χ1v) is 3.56. The lowest BCUT2D eigenvalue weighted by molar-refractivity contribution is -0.137. The van der Waals surface area contributed by atoms with E-state index in [1.54, 1.807) is 13.8 Å². The number of rotatable bonds is 3. The van der Waals surface area contributed by atoms with Gasteiger partial charge in [-0.15, -0.1) is 0 Å². The molecule has 0 aromatic carbocycles. The fourth-order valence-corrected chi connectivity index (χ4v) is 0.724. The molecule has 0 amide bonds. The Morgan fingerprint density at radius 2 is 2.20 bits per heavy atom. The minimum Gasteiger partial charge on any atom is -0.480 e. The van der Waals surface area contributed by atoms with Crippen LogP contribution in [0.4, 0.5) is 0 Å². The van der Waals surface area contributed by atoms with Gasteiger partial charge in [-0.05, 0) is 13.8 Å². The molecule has 0 saturated heterocycles. The molecule has 1 unspecified atom stereocenters. The molecular formula is C6H11NO2S. The maximum absolute atomic E-state index is 10.3. The van der Waals surface area contributed by atoms with Gasteiger partial charge in [0.2, 0.25) is 0 Å². The molecule has 0 rings (SSSR count). The Morgan fingerprint density at radius 1 is 1.70 bits per heavy atom. The van der Waals surface area contributed by atoms with Gasteiger partial charge in [0, 0.05) is 11.5 Å². The van der Waals surface area contributed by atoms with Gasteiger partial charge in [-0.25, -0.2) is 4.79 Å². The van der Waals surface area contributed by atoms with Crippen molar-refractivity contribution in [1.29, 1.82) is 0 Å². The van der Waals surface area contributed by atoms with Crippen LogP contribution in [0, 0.1) is 0 Å². The number of hydrogen-bond donors (Lipinski definition) is 2. The summed E-state index contributed by atoms with van der Waals surface area (Å²) in [5.41, 5.74) is 0.765. The molecule has 58 valence electrons. The Hall–Kier alpha value is -0.510. The Balaban J connectivity index is 4.09. The van der Waals surface area contributed by atoms with E-state index in [2.05, 4.69) is 17.6 Å². The molecule has 10 heavy (non-hydrogen) atoms. The third-order valence-electron chi connectivity index (χ3n) is 0.872.